The Morgan fingerprint density at radius 2 is 2.00 bits per heavy atom. The van der Waals surface area contributed by atoms with Crippen molar-refractivity contribution in [3.8, 4) is 0 Å². The zero-order chi connectivity index (χ0) is 12.5. The van der Waals surface area contributed by atoms with Crippen LogP contribution < -0.4 is 5.32 Å². The molecule has 18 heavy (non-hydrogen) atoms. The van der Waals surface area contributed by atoms with Crippen LogP contribution in [0.5, 0.6) is 0 Å². The molecule has 2 atom stereocenters. The average Bonchev–Trinajstić information content (AvgIpc) is 2.42. The molecule has 1 amide bonds. The van der Waals surface area contributed by atoms with E-state index in [1.54, 1.807) is 0 Å². The first kappa shape index (κ1) is 12.4. The number of piperazine rings is 1. The average molecular weight is 251 g/mol. The molecule has 4 heteroatoms. The highest BCUT2D eigenvalue weighted by Crippen LogP contribution is 2.23. The number of hydrogen-bond acceptors (Lipinski definition) is 3. The van der Waals surface area contributed by atoms with Crippen molar-refractivity contribution in [2.75, 3.05) is 32.7 Å². The normalized spacial score (nSPS) is 33.9. The Morgan fingerprint density at radius 3 is 2.56 bits per heavy atom. The molecule has 0 radical (unpaired) electrons. The third kappa shape index (κ3) is 2.54. The summed E-state index contributed by atoms with van der Waals surface area (Å²) in [6, 6.07) is 1.02. The van der Waals surface area contributed by atoms with Gasteiger partial charge in [-0.05, 0) is 44.7 Å². The number of nitrogens with zero attached hydrogens (tertiary/aromatic N) is 2. The van der Waals surface area contributed by atoms with Crippen LogP contribution in [0.1, 0.15) is 32.6 Å². The summed E-state index contributed by atoms with van der Waals surface area (Å²) in [6.45, 7) is 7.12. The molecule has 4 aliphatic rings. The first-order chi connectivity index (χ1) is 8.72. The summed E-state index contributed by atoms with van der Waals surface area (Å²) in [5.41, 5.74) is 0. The van der Waals surface area contributed by atoms with Crippen LogP contribution in [-0.2, 0) is 4.79 Å². The van der Waals surface area contributed by atoms with E-state index in [1.165, 1.54) is 25.7 Å². The highest BCUT2D eigenvalue weighted by Gasteiger charge is 2.36. The molecule has 0 aromatic rings. The van der Waals surface area contributed by atoms with Crippen molar-refractivity contribution in [1.29, 1.82) is 0 Å². The number of carbonyl (C=O) groups is 1. The summed E-state index contributed by atoms with van der Waals surface area (Å²) in [4.78, 5) is 16.9. The predicted molar refractivity (Wildman–Crippen MR) is 71.4 cm³/mol. The molecule has 4 saturated heterocycles. The standard InChI is InChI=1S/C14H25N3O/c1-11-4-6-16(7-5-11)10-14(18)17-9-12-2-3-13(17)8-15-12/h11-13,15H,2-10H2,1H3. The second kappa shape index (κ2) is 5.17. The van der Waals surface area contributed by atoms with Gasteiger partial charge in [0, 0.05) is 25.2 Å². The largest absolute Gasteiger partial charge is 0.336 e. The summed E-state index contributed by atoms with van der Waals surface area (Å²) in [6.07, 6.45) is 4.94. The van der Waals surface area contributed by atoms with Gasteiger partial charge in [-0.1, -0.05) is 6.92 Å². The van der Waals surface area contributed by atoms with Crippen LogP contribution in [0.3, 0.4) is 0 Å². The van der Waals surface area contributed by atoms with Gasteiger partial charge in [-0.2, -0.15) is 0 Å². The second-order valence-corrected chi connectivity index (χ2v) is 6.34. The maximum Gasteiger partial charge on any atom is 0.237 e. The van der Waals surface area contributed by atoms with Gasteiger partial charge in [0.25, 0.3) is 0 Å². The first-order valence-corrected chi connectivity index (χ1v) is 7.47. The van der Waals surface area contributed by atoms with E-state index in [0.717, 1.165) is 32.1 Å². The molecule has 2 bridgehead atoms. The van der Waals surface area contributed by atoms with Crippen LogP contribution in [-0.4, -0.2) is 60.5 Å². The number of fused-ring (bicyclic) bond motifs is 3. The van der Waals surface area contributed by atoms with Crippen molar-refractivity contribution < 1.29 is 4.79 Å². The molecule has 102 valence electrons. The lowest BCUT2D eigenvalue weighted by molar-refractivity contribution is -0.138. The van der Waals surface area contributed by atoms with Gasteiger partial charge in [-0.25, -0.2) is 0 Å². The zero-order valence-electron chi connectivity index (χ0n) is 11.4. The van der Waals surface area contributed by atoms with Crippen molar-refractivity contribution >= 4 is 5.91 Å². The molecule has 4 nitrogen and oxygen atoms in total. The van der Waals surface area contributed by atoms with Gasteiger partial charge < -0.3 is 10.2 Å². The van der Waals surface area contributed by atoms with E-state index in [1.807, 2.05) is 0 Å². The van der Waals surface area contributed by atoms with E-state index in [4.69, 9.17) is 0 Å². The Kier molecular flexibility index (Phi) is 3.57. The fourth-order valence-electron chi connectivity index (χ4n) is 3.52. The minimum absolute atomic E-state index is 0.362. The van der Waals surface area contributed by atoms with Crippen LogP contribution in [0.2, 0.25) is 0 Å². The summed E-state index contributed by atoms with van der Waals surface area (Å²) >= 11 is 0. The molecule has 0 saturated carbocycles. The molecule has 1 N–H and O–H groups in total. The Hall–Kier alpha value is -0.610. The van der Waals surface area contributed by atoms with Gasteiger partial charge in [0.2, 0.25) is 5.91 Å². The number of piperidine rings is 3. The number of rotatable bonds is 2. The van der Waals surface area contributed by atoms with Gasteiger partial charge >= 0.3 is 0 Å². The van der Waals surface area contributed by atoms with Crippen LogP contribution in [0.15, 0.2) is 0 Å². The summed E-state index contributed by atoms with van der Waals surface area (Å²) in [5, 5.41) is 3.51. The molecule has 4 aliphatic heterocycles. The second-order valence-electron chi connectivity index (χ2n) is 6.34. The molecule has 0 aromatic carbocycles. The fourth-order valence-corrected chi connectivity index (χ4v) is 3.52. The first-order valence-electron chi connectivity index (χ1n) is 7.47. The van der Waals surface area contributed by atoms with Crippen LogP contribution in [0, 0.1) is 5.92 Å². The third-order valence-electron chi connectivity index (χ3n) is 4.90. The monoisotopic (exact) mass is 251 g/mol. The Balaban J connectivity index is 1.52. The van der Waals surface area contributed by atoms with Gasteiger partial charge in [-0.3, -0.25) is 9.69 Å². The molecule has 0 aliphatic carbocycles. The third-order valence-corrected chi connectivity index (χ3v) is 4.90. The highest BCUT2D eigenvalue weighted by atomic mass is 16.2. The lowest BCUT2D eigenvalue weighted by atomic mass is 9.93. The number of carbonyl (C=O) groups excluding carboxylic acids is 1. The Bertz CT molecular complexity index is 304. The molecule has 0 aromatic heterocycles. The number of nitrogens with one attached hydrogen (secondary N) is 1. The molecular weight excluding hydrogens is 226 g/mol. The van der Waals surface area contributed by atoms with E-state index < -0.39 is 0 Å². The lowest BCUT2D eigenvalue weighted by Gasteiger charge is -2.46. The molecule has 0 spiro atoms. The summed E-state index contributed by atoms with van der Waals surface area (Å²) in [7, 11) is 0. The van der Waals surface area contributed by atoms with Crippen molar-refractivity contribution in [1.82, 2.24) is 15.1 Å². The number of hydrogen-bond donors (Lipinski definition) is 1. The van der Waals surface area contributed by atoms with Crippen LogP contribution in [0.4, 0.5) is 0 Å². The smallest absolute Gasteiger partial charge is 0.237 e. The van der Waals surface area contributed by atoms with E-state index in [0.29, 0.717) is 24.5 Å². The van der Waals surface area contributed by atoms with E-state index in [-0.39, 0.29) is 0 Å². The van der Waals surface area contributed by atoms with Gasteiger partial charge in [0.15, 0.2) is 0 Å². The maximum atomic E-state index is 12.4. The van der Waals surface area contributed by atoms with Crippen molar-refractivity contribution in [2.24, 2.45) is 5.92 Å². The van der Waals surface area contributed by atoms with Crippen molar-refractivity contribution in [3.63, 3.8) is 0 Å². The van der Waals surface area contributed by atoms with Gasteiger partial charge in [-0.15, -0.1) is 0 Å². The Morgan fingerprint density at radius 1 is 1.22 bits per heavy atom. The van der Waals surface area contributed by atoms with Gasteiger partial charge in [0.05, 0.1) is 6.54 Å². The number of likely N-dealkylation sites (tertiary alicyclic amines) is 1. The van der Waals surface area contributed by atoms with Gasteiger partial charge in [0.1, 0.15) is 0 Å². The molecule has 4 rings (SSSR count). The molecule has 4 fully saturated rings. The Labute approximate surface area is 110 Å². The number of amides is 1. The molecule has 4 heterocycles. The predicted octanol–water partition coefficient (Wildman–Crippen LogP) is 0.681. The maximum absolute atomic E-state index is 12.4. The SMILES string of the molecule is CC1CCN(CC(=O)N2CC3CCC2CN3)CC1. The van der Waals surface area contributed by atoms with Crippen molar-refractivity contribution in [2.45, 2.75) is 44.7 Å². The van der Waals surface area contributed by atoms with E-state index in [2.05, 4.69) is 22.0 Å². The summed E-state index contributed by atoms with van der Waals surface area (Å²) < 4.78 is 0. The lowest BCUT2D eigenvalue weighted by Crippen LogP contribution is -2.63. The van der Waals surface area contributed by atoms with E-state index >= 15 is 0 Å². The van der Waals surface area contributed by atoms with Crippen LogP contribution in [0.25, 0.3) is 0 Å². The molecular formula is C14H25N3O. The zero-order valence-corrected chi connectivity index (χ0v) is 11.4. The summed E-state index contributed by atoms with van der Waals surface area (Å²) in [5.74, 6) is 1.20. The topological polar surface area (TPSA) is 35.6 Å². The fraction of sp³-hybridized carbons (Fsp3) is 0.929. The quantitative estimate of drug-likeness (QED) is 0.784. The minimum atomic E-state index is 0.362. The minimum Gasteiger partial charge on any atom is -0.336 e. The van der Waals surface area contributed by atoms with Crippen LogP contribution >= 0.6 is 0 Å². The molecule has 2 unspecified atom stereocenters. The van der Waals surface area contributed by atoms with Crippen molar-refractivity contribution in [3.05, 3.63) is 0 Å². The van der Waals surface area contributed by atoms with E-state index in [9.17, 15) is 4.79 Å². The highest BCUT2D eigenvalue weighted by molar-refractivity contribution is 5.79.